The number of nitrogens with zero attached hydrogens (tertiary/aromatic N) is 2. The molecule has 1 unspecified atom stereocenters. The van der Waals surface area contributed by atoms with Crippen LogP contribution in [0.2, 0.25) is 0 Å². The van der Waals surface area contributed by atoms with Gasteiger partial charge >= 0.3 is 0 Å². The molecule has 1 fully saturated rings. The first-order valence-corrected chi connectivity index (χ1v) is 7.05. The second kappa shape index (κ2) is 4.83. The standard InChI is InChI=1S/C11H14Br2N2/c1-8-4-10(13)11(14-6-8)15-3-2-9(5-12)7-15/h4,6,9H,2-3,5,7H2,1H3. The van der Waals surface area contributed by atoms with Gasteiger partial charge in [0.15, 0.2) is 0 Å². The summed E-state index contributed by atoms with van der Waals surface area (Å²) in [6, 6.07) is 2.13. The molecular weight excluding hydrogens is 320 g/mol. The van der Waals surface area contributed by atoms with Gasteiger partial charge in [0.2, 0.25) is 0 Å². The number of halogens is 2. The van der Waals surface area contributed by atoms with Crippen molar-refractivity contribution < 1.29 is 0 Å². The molecule has 2 heterocycles. The van der Waals surface area contributed by atoms with Crippen molar-refractivity contribution >= 4 is 37.7 Å². The summed E-state index contributed by atoms with van der Waals surface area (Å²) in [5.74, 6) is 1.85. The van der Waals surface area contributed by atoms with Crippen molar-refractivity contribution in [1.29, 1.82) is 0 Å². The van der Waals surface area contributed by atoms with Gasteiger partial charge in [0, 0.05) is 24.6 Å². The highest BCUT2D eigenvalue weighted by atomic mass is 79.9. The van der Waals surface area contributed by atoms with Gasteiger partial charge in [-0.1, -0.05) is 15.9 Å². The van der Waals surface area contributed by atoms with Crippen LogP contribution in [0, 0.1) is 12.8 Å². The van der Waals surface area contributed by atoms with Crippen LogP contribution >= 0.6 is 31.9 Å². The molecule has 15 heavy (non-hydrogen) atoms. The molecule has 4 heteroatoms. The molecule has 0 amide bonds. The normalized spacial score (nSPS) is 21.0. The quantitative estimate of drug-likeness (QED) is 0.771. The Morgan fingerprint density at radius 1 is 1.60 bits per heavy atom. The van der Waals surface area contributed by atoms with Crippen molar-refractivity contribution in [1.82, 2.24) is 4.98 Å². The van der Waals surface area contributed by atoms with E-state index in [-0.39, 0.29) is 0 Å². The predicted octanol–water partition coefficient (Wildman–Crippen LogP) is 3.37. The maximum atomic E-state index is 4.49. The lowest BCUT2D eigenvalue weighted by molar-refractivity contribution is 0.675. The van der Waals surface area contributed by atoms with Crippen molar-refractivity contribution in [3.63, 3.8) is 0 Å². The third-order valence-corrected chi connectivity index (χ3v) is 4.26. The molecule has 1 saturated heterocycles. The number of rotatable bonds is 2. The minimum atomic E-state index is 0.764. The Balaban J connectivity index is 2.17. The average molecular weight is 334 g/mol. The summed E-state index contributed by atoms with van der Waals surface area (Å²) in [4.78, 5) is 6.85. The van der Waals surface area contributed by atoms with Gasteiger partial charge in [-0.2, -0.15) is 0 Å². The van der Waals surface area contributed by atoms with Crippen LogP contribution in [0.1, 0.15) is 12.0 Å². The van der Waals surface area contributed by atoms with Crippen LogP contribution in [0.5, 0.6) is 0 Å². The van der Waals surface area contributed by atoms with E-state index in [1.165, 1.54) is 12.0 Å². The van der Waals surface area contributed by atoms with Crippen molar-refractivity contribution in [2.45, 2.75) is 13.3 Å². The smallest absolute Gasteiger partial charge is 0.142 e. The largest absolute Gasteiger partial charge is 0.355 e. The Morgan fingerprint density at radius 3 is 3.00 bits per heavy atom. The summed E-state index contributed by atoms with van der Waals surface area (Å²) in [6.07, 6.45) is 3.19. The number of aryl methyl sites for hydroxylation is 1. The van der Waals surface area contributed by atoms with Crippen LogP contribution < -0.4 is 4.90 Å². The van der Waals surface area contributed by atoms with Crippen molar-refractivity contribution in [3.05, 3.63) is 22.3 Å². The summed E-state index contributed by atoms with van der Waals surface area (Å²) in [5.41, 5.74) is 1.20. The molecule has 0 bridgehead atoms. The Bertz CT molecular complexity index is 354. The molecule has 0 aliphatic carbocycles. The lowest BCUT2D eigenvalue weighted by Crippen LogP contribution is -2.21. The molecule has 1 atom stereocenters. The first kappa shape index (κ1) is 11.4. The number of anilines is 1. The summed E-state index contributed by atoms with van der Waals surface area (Å²) in [7, 11) is 0. The maximum absolute atomic E-state index is 4.49. The van der Waals surface area contributed by atoms with E-state index in [9.17, 15) is 0 Å². The zero-order chi connectivity index (χ0) is 10.8. The van der Waals surface area contributed by atoms with E-state index in [4.69, 9.17) is 0 Å². The summed E-state index contributed by atoms with van der Waals surface area (Å²) in [5, 5.41) is 1.09. The fraction of sp³-hybridized carbons (Fsp3) is 0.545. The minimum Gasteiger partial charge on any atom is -0.355 e. The second-order valence-corrected chi connectivity index (χ2v) is 5.57. The van der Waals surface area contributed by atoms with E-state index in [2.05, 4.69) is 54.7 Å². The average Bonchev–Trinajstić information content (AvgIpc) is 2.66. The van der Waals surface area contributed by atoms with Crippen LogP contribution in [-0.2, 0) is 0 Å². The number of alkyl halides is 1. The number of hydrogen-bond acceptors (Lipinski definition) is 2. The lowest BCUT2D eigenvalue weighted by atomic mass is 10.2. The first-order chi connectivity index (χ1) is 7.20. The topological polar surface area (TPSA) is 16.1 Å². The molecule has 0 aromatic carbocycles. The van der Waals surface area contributed by atoms with Crippen LogP contribution in [-0.4, -0.2) is 23.4 Å². The van der Waals surface area contributed by atoms with Crippen molar-refractivity contribution in [2.75, 3.05) is 23.3 Å². The van der Waals surface area contributed by atoms with Gasteiger partial charge in [-0.25, -0.2) is 4.98 Å². The van der Waals surface area contributed by atoms with Gasteiger partial charge in [-0.05, 0) is 46.8 Å². The second-order valence-electron chi connectivity index (χ2n) is 4.07. The Labute approximate surface area is 107 Å². The molecule has 2 rings (SSSR count). The van der Waals surface area contributed by atoms with Crippen molar-refractivity contribution in [3.8, 4) is 0 Å². The molecular formula is C11H14Br2N2. The molecule has 1 aliphatic heterocycles. The van der Waals surface area contributed by atoms with Gasteiger partial charge in [0.1, 0.15) is 5.82 Å². The van der Waals surface area contributed by atoms with E-state index in [1.54, 1.807) is 0 Å². The molecule has 82 valence electrons. The predicted molar refractivity (Wildman–Crippen MR) is 70.8 cm³/mol. The SMILES string of the molecule is Cc1cnc(N2CCC(CBr)C2)c(Br)c1. The van der Waals surface area contributed by atoms with E-state index < -0.39 is 0 Å². The highest BCUT2D eigenvalue weighted by Gasteiger charge is 2.23. The highest BCUT2D eigenvalue weighted by molar-refractivity contribution is 9.10. The van der Waals surface area contributed by atoms with Gasteiger partial charge in [-0.15, -0.1) is 0 Å². The summed E-state index contributed by atoms with van der Waals surface area (Å²) >= 11 is 7.13. The van der Waals surface area contributed by atoms with Crippen molar-refractivity contribution in [2.24, 2.45) is 5.92 Å². The Hall–Kier alpha value is -0.0900. The van der Waals surface area contributed by atoms with Crippen LogP contribution in [0.3, 0.4) is 0 Å². The zero-order valence-electron chi connectivity index (χ0n) is 8.71. The fourth-order valence-electron chi connectivity index (χ4n) is 1.91. The van der Waals surface area contributed by atoms with Gasteiger partial charge < -0.3 is 4.90 Å². The van der Waals surface area contributed by atoms with Crippen LogP contribution in [0.4, 0.5) is 5.82 Å². The van der Waals surface area contributed by atoms with Crippen LogP contribution in [0.15, 0.2) is 16.7 Å². The molecule has 0 saturated carbocycles. The van der Waals surface area contributed by atoms with E-state index in [0.717, 1.165) is 34.6 Å². The molecule has 0 N–H and O–H groups in total. The Morgan fingerprint density at radius 2 is 2.40 bits per heavy atom. The molecule has 2 nitrogen and oxygen atoms in total. The number of hydrogen-bond donors (Lipinski definition) is 0. The molecule has 0 spiro atoms. The fourth-order valence-corrected chi connectivity index (χ4v) is 3.15. The third kappa shape index (κ3) is 2.53. The Kier molecular flexibility index (Phi) is 3.67. The minimum absolute atomic E-state index is 0.764. The molecule has 1 aromatic heterocycles. The van der Waals surface area contributed by atoms with Crippen LogP contribution in [0.25, 0.3) is 0 Å². The first-order valence-electron chi connectivity index (χ1n) is 5.13. The van der Waals surface area contributed by atoms with E-state index in [0.29, 0.717) is 0 Å². The highest BCUT2D eigenvalue weighted by Crippen LogP contribution is 2.29. The van der Waals surface area contributed by atoms with Gasteiger partial charge in [-0.3, -0.25) is 0 Å². The summed E-state index contributed by atoms with van der Waals surface area (Å²) < 4.78 is 1.11. The van der Waals surface area contributed by atoms with E-state index >= 15 is 0 Å². The molecule has 1 aromatic rings. The van der Waals surface area contributed by atoms with Gasteiger partial charge in [0.05, 0.1) is 4.47 Å². The van der Waals surface area contributed by atoms with E-state index in [1.807, 2.05) is 6.20 Å². The molecule has 1 aliphatic rings. The number of pyridine rings is 1. The third-order valence-electron chi connectivity index (χ3n) is 2.76. The molecule has 0 radical (unpaired) electrons. The number of aromatic nitrogens is 1. The van der Waals surface area contributed by atoms with Gasteiger partial charge in [0.25, 0.3) is 0 Å². The zero-order valence-corrected chi connectivity index (χ0v) is 11.9. The maximum Gasteiger partial charge on any atom is 0.142 e. The summed E-state index contributed by atoms with van der Waals surface area (Å²) in [6.45, 7) is 4.29. The lowest BCUT2D eigenvalue weighted by Gasteiger charge is -2.18. The monoisotopic (exact) mass is 332 g/mol.